The number of urea groups is 1. The lowest BCUT2D eigenvalue weighted by Crippen LogP contribution is -2.39. The van der Waals surface area contributed by atoms with Crippen LogP contribution in [0.3, 0.4) is 0 Å². The number of carbonyl (C=O) groups is 1. The van der Waals surface area contributed by atoms with E-state index < -0.39 is 0 Å². The molecule has 2 aromatic rings. The molecule has 1 aromatic heterocycles. The van der Waals surface area contributed by atoms with Crippen LogP contribution in [0.4, 0.5) is 9.18 Å². The minimum absolute atomic E-state index is 0.107. The Bertz CT molecular complexity index is 704. The van der Waals surface area contributed by atoms with Crippen LogP contribution in [0.25, 0.3) is 0 Å². The van der Waals surface area contributed by atoms with Crippen molar-refractivity contribution in [3.8, 4) is 5.75 Å². The van der Waals surface area contributed by atoms with Crippen molar-refractivity contribution in [2.24, 2.45) is 0 Å². The fourth-order valence-electron chi connectivity index (χ4n) is 2.81. The van der Waals surface area contributed by atoms with Gasteiger partial charge in [-0.05, 0) is 44.0 Å². The van der Waals surface area contributed by atoms with E-state index in [-0.39, 0.29) is 17.9 Å². The zero-order valence-electron chi connectivity index (χ0n) is 14.1. The Labute approximate surface area is 145 Å². The minimum Gasteiger partial charge on any atom is -0.493 e. The van der Waals surface area contributed by atoms with E-state index in [0.717, 1.165) is 12.8 Å². The molecule has 0 spiro atoms. The Morgan fingerprint density at radius 1 is 1.44 bits per heavy atom. The zero-order chi connectivity index (χ0) is 17.6. The van der Waals surface area contributed by atoms with Crippen molar-refractivity contribution in [1.82, 2.24) is 20.4 Å². The van der Waals surface area contributed by atoms with Gasteiger partial charge in [0.2, 0.25) is 5.89 Å². The highest BCUT2D eigenvalue weighted by molar-refractivity contribution is 5.74. The summed E-state index contributed by atoms with van der Waals surface area (Å²) < 4.78 is 23.7. The second-order valence-electron chi connectivity index (χ2n) is 5.79. The molecule has 2 heterocycles. The molecular formula is C17H21FN4O3. The van der Waals surface area contributed by atoms with Gasteiger partial charge in [-0.3, -0.25) is 0 Å². The molecule has 1 unspecified atom stereocenters. The molecule has 134 valence electrons. The maximum Gasteiger partial charge on any atom is 0.318 e. The molecule has 1 aromatic carbocycles. The summed E-state index contributed by atoms with van der Waals surface area (Å²) >= 11 is 0. The van der Waals surface area contributed by atoms with E-state index >= 15 is 0 Å². The molecular weight excluding hydrogens is 327 g/mol. The maximum atomic E-state index is 12.8. The monoisotopic (exact) mass is 348 g/mol. The number of likely N-dealkylation sites (tertiary alicyclic amines) is 1. The summed E-state index contributed by atoms with van der Waals surface area (Å²) in [5, 5.41) is 6.76. The van der Waals surface area contributed by atoms with Crippen molar-refractivity contribution in [1.29, 1.82) is 0 Å². The Morgan fingerprint density at radius 3 is 3.00 bits per heavy atom. The predicted molar refractivity (Wildman–Crippen MR) is 87.7 cm³/mol. The molecule has 1 saturated heterocycles. The topological polar surface area (TPSA) is 80.5 Å². The van der Waals surface area contributed by atoms with Crippen molar-refractivity contribution < 1.29 is 18.4 Å². The van der Waals surface area contributed by atoms with Crippen molar-refractivity contribution in [2.45, 2.75) is 32.2 Å². The number of hydrogen-bond acceptors (Lipinski definition) is 5. The van der Waals surface area contributed by atoms with E-state index in [1.807, 2.05) is 6.92 Å². The van der Waals surface area contributed by atoms with Crippen LogP contribution < -0.4 is 10.1 Å². The van der Waals surface area contributed by atoms with E-state index in [0.29, 0.717) is 43.6 Å². The Morgan fingerprint density at radius 2 is 2.24 bits per heavy atom. The SMILES string of the molecule is CCNC(=O)N1CCCC1c1nc(CCOc2ccc(F)cc2)no1. The first kappa shape index (κ1) is 17.2. The van der Waals surface area contributed by atoms with E-state index in [4.69, 9.17) is 9.26 Å². The normalized spacial score (nSPS) is 16.9. The molecule has 3 rings (SSSR count). The summed E-state index contributed by atoms with van der Waals surface area (Å²) in [4.78, 5) is 18.2. The van der Waals surface area contributed by atoms with Crippen LogP contribution >= 0.6 is 0 Å². The average Bonchev–Trinajstić information content (AvgIpc) is 3.25. The molecule has 25 heavy (non-hydrogen) atoms. The van der Waals surface area contributed by atoms with Crippen LogP contribution in [0.1, 0.15) is 37.5 Å². The molecule has 1 aliphatic heterocycles. The van der Waals surface area contributed by atoms with Crippen molar-refractivity contribution in [2.75, 3.05) is 19.7 Å². The second-order valence-corrected chi connectivity index (χ2v) is 5.79. The molecule has 0 bridgehead atoms. The number of amides is 2. The fraction of sp³-hybridized carbons (Fsp3) is 0.471. The molecule has 0 saturated carbocycles. The van der Waals surface area contributed by atoms with E-state index in [2.05, 4.69) is 15.5 Å². The van der Waals surface area contributed by atoms with Crippen LogP contribution in [0, 0.1) is 5.82 Å². The van der Waals surface area contributed by atoms with Gasteiger partial charge >= 0.3 is 6.03 Å². The number of rotatable bonds is 6. The van der Waals surface area contributed by atoms with Gasteiger partial charge in [0.05, 0.1) is 6.61 Å². The quantitative estimate of drug-likeness (QED) is 0.868. The van der Waals surface area contributed by atoms with Gasteiger partial charge in [0.15, 0.2) is 5.82 Å². The first-order chi connectivity index (χ1) is 12.2. The molecule has 2 amide bonds. The fourth-order valence-corrected chi connectivity index (χ4v) is 2.81. The van der Waals surface area contributed by atoms with Crippen LogP contribution in [0.5, 0.6) is 5.75 Å². The van der Waals surface area contributed by atoms with Crippen molar-refractivity contribution in [3.63, 3.8) is 0 Å². The number of carbonyl (C=O) groups excluding carboxylic acids is 1. The van der Waals surface area contributed by atoms with E-state index in [9.17, 15) is 9.18 Å². The predicted octanol–water partition coefficient (Wildman–Crippen LogP) is 2.70. The third-order valence-corrected chi connectivity index (χ3v) is 4.02. The first-order valence-electron chi connectivity index (χ1n) is 8.42. The molecule has 8 heteroatoms. The van der Waals surface area contributed by atoms with Gasteiger partial charge in [0.1, 0.15) is 17.6 Å². The van der Waals surface area contributed by atoms with Gasteiger partial charge < -0.3 is 19.5 Å². The number of nitrogens with zero attached hydrogens (tertiary/aromatic N) is 3. The number of hydrogen-bond donors (Lipinski definition) is 1. The smallest absolute Gasteiger partial charge is 0.318 e. The van der Waals surface area contributed by atoms with Gasteiger partial charge in [-0.15, -0.1) is 0 Å². The van der Waals surface area contributed by atoms with E-state index in [1.165, 1.54) is 12.1 Å². The van der Waals surface area contributed by atoms with Crippen molar-refractivity contribution >= 4 is 6.03 Å². The second kappa shape index (κ2) is 7.96. The van der Waals surface area contributed by atoms with Gasteiger partial charge in [-0.2, -0.15) is 4.98 Å². The summed E-state index contributed by atoms with van der Waals surface area (Å²) in [5.74, 6) is 1.27. The number of benzene rings is 1. The lowest BCUT2D eigenvalue weighted by Gasteiger charge is -2.21. The lowest BCUT2D eigenvalue weighted by molar-refractivity contribution is 0.181. The molecule has 1 fully saturated rings. The molecule has 0 aliphatic carbocycles. The van der Waals surface area contributed by atoms with Crippen LogP contribution in [-0.2, 0) is 6.42 Å². The molecule has 1 atom stereocenters. The third-order valence-electron chi connectivity index (χ3n) is 4.02. The van der Waals surface area contributed by atoms with Crippen LogP contribution in [-0.4, -0.2) is 40.8 Å². The number of ether oxygens (including phenoxy) is 1. The first-order valence-corrected chi connectivity index (χ1v) is 8.42. The average molecular weight is 348 g/mol. The standard InChI is InChI=1S/C17H21FN4O3/c1-2-19-17(23)22-10-3-4-14(22)16-20-15(21-25-16)9-11-24-13-7-5-12(18)6-8-13/h5-8,14H,2-4,9-11H2,1H3,(H,19,23). The van der Waals surface area contributed by atoms with Crippen LogP contribution in [0.15, 0.2) is 28.8 Å². The highest BCUT2D eigenvalue weighted by atomic mass is 19.1. The Balaban J connectivity index is 1.54. The van der Waals surface area contributed by atoms with E-state index in [1.54, 1.807) is 17.0 Å². The highest BCUT2D eigenvalue weighted by Gasteiger charge is 2.33. The summed E-state index contributed by atoms with van der Waals surface area (Å²) in [5.41, 5.74) is 0. The third kappa shape index (κ3) is 4.26. The van der Waals surface area contributed by atoms with Gasteiger partial charge in [-0.1, -0.05) is 5.16 Å². The summed E-state index contributed by atoms with van der Waals surface area (Å²) in [6, 6.07) is 5.55. The zero-order valence-corrected chi connectivity index (χ0v) is 14.1. The minimum atomic E-state index is -0.302. The van der Waals surface area contributed by atoms with Gasteiger partial charge in [-0.25, -0.2) is 9.18 Å². The van der Waals surface area contributed by atoms with Crippen LogP contribution in [0.2, 0.25) is 0 Å². The Hall–Kier alpha value is -2.64. The molecule has 1 N–H and O–H groups in total. The maximum absolute atomic E-state index is 12.8. The summed E-state index contributed by atoms with van der Waals surface area (Å²) in [6.07, 6.45) is 2.19. The molecule has 7 nitrogen and oxygen atoms in total. The highest BCUT2D eigenvalue weighted by Crippen LogP contribution is 2.30. The molecule has 1 aliphatic rings. The molecule has 0 radical (unpaired) electrons. The summed E-state index contributed by atoms with van der Waals surface area (Å²) in [6.45, 7) is 3.50. The Kier molecular flexibility index (Phi) is 5.47. The summed E-state index contributed by atoms with van der Waals surface area (Å²) in [7, 11) is 0. The number of nitrogens with one attached hydrogen (secondary N) is 1. The lowest BCUT2D eigenvalue weighted by atomic mass is 10.2. The number of halogens is 1. The van der Waals surface area contributed by atoms with Crippen molar-refractivity contribution in [3.05, 3.63) is 41.8 Å². The largest absolute Gasteiger partial charge is 0.493 e. The van der Waals surface area contributed by atoms with Gasteiger partial charge in [0.25, 0.3) is 0 Å². The van der Waals surface area contributed by atoms with Gasteiger partial charge in [0, 0.05) is 19.5 Å². The number of aromatic nitrogens is 2.